The Kier molecular flexibility index (Phi) is 2.82. The van der Waals surface area contributed by atoms with Crippen molar-refractivity contribution in [2.75, 3.05) is 0 Å². The first kappa shape index (κ1) is 12.6. The second-order valence-electron chi connectivity index (χ2n) is 4.99. The molecule has 0 amide bonds. The average molecular weight is 340 g/mol. The average Bonchev–Trinajstić information content (AvgIpc) is 2.81. The summed E-state index contributed by atoms with van der Waals surface area (Å²) in [5.41, 5.74) is 3.15. The van der Waals surface area contributed by atoms with Gasteiger partial charge in [-0.3, -0.25) is 0 Å². The number of rotatable bonds is 1. The predicted molar refractivity (Wildman–Crippen MR) is 88.4 cm³/mol. The highest BCUT2D eigenvalue weighted by Crippen LogP contribution is 2.33. The lowest BCUT2D eigenvalue weighted by atomic mass is 10.1. The molecule has 0 N–H and O–H groups in total. The van der Waals surface area contributed by atoms with Gasteiger partial charge in [0.05, 0.1) is 11.0 Å². The SMILES string of the molecule is Fc1ccc2c(c1)c1ccc(Br)cc1n2-c1ccccc1. The molecule has 0 aliphatic carbocycles. The van der Waals surface area contributed by atoms with Crippen LogP contribution in [0, 0.1) is 5.82 Å². The molecule has 0 bridgehead atoms. The summed E-state index contributed by atoms with van der Waals surface area (Å²) in [7, 11) is 0. The molecule has 0 aliphatic rings. The van der Waals surface area contributed by atoms with Crippen molar-refractivity contribution in [2.45, 2.75) is 0 Å². The lowest BCUT2D eigenvalue weighted by Gasteiger charge is -2.07. The topological polar surface area (TPSA) is 4.93 Å². The minimum absolute atomic E-state index is 0.211. The van der Waals surface area contributed by atoms with Gasteiger partial charge in [0.2, 0.25) is 0 Å². The first-order valence-corrected chi connectivity index (χ1v) is 7.48. The third kappa shape index (κ3) is 1.96. The van der Waals surface area contributed by atoms with Crippen LogP contribution in [0.15, 0.2) is 71.2 Å². The molecule has 0 spiro atoms. The molecule has 21 heavy (non-hydrogen) atoms. The van der Waals surface area contributed by atoms with Crippen molar-refractivity contribution in [1.29, 1.82) is 0 Å². The van der Waals surface area contributed by atoms with Gasteiger partial charge in [-0.2, -0.15) is 0 Å². The van der Waals surface area contributed by atoms with E-state index in [2.05, 4.69) is 38.7 Å². The number of aromatic nitrogens is 1. The van der Waals surface area contributed by atoms with Gasteiger partial charge in [0.15, 0.2) is 0 Å². The monoisotopic (exact) mass is 339 g/mol. The zero-order chi connectivity index (χ0) is 14.4. The van der Waals surface area contributed by atoms with Crippen LogP contribution in [0.5, 0.6) is 0 Å². The molecule has 4 rings (SSSR count). The number of benzene rings is 3. The lowest BCUT2D eigenvalue weighted by Crippen LogP contribution is -1.92. The number of hydrogen-bond donors (Lipinski definition) is 0. The highest BCUT2D eigenvalue weighted by atomic mass is 79.9. The van der Waals surface area contributed by atoms with Crippen LogP contribution in [0.2, 0.25) is 0 Å². The van der Waals surface area contributed by atoms with E-state index in [1.54, 1.807) is 6.07 Å². The van der Waals surface area contributed by atoms with Gasteiger partial charge in [-0.15, -0.1) is 0 Å². The van der Waals surface area contributed by atoms with Gasteiger partial charge in [0.1, 0.15) is 5.82 Å². The fourth-order valence-corrected chi connectivity index (χ4v) is 3.17. The molecule has 0 radical (unpaired) electrons. The normalized spacial score (nSPS) is 11.3. The van der Waals surface area contributed by atoms with Gasteiger partial charge in [-0.1, -0.05) is 40.2 Å². The Bertz CT molecular complexity index is 957. The summed E-state index contributed by atoms with van der Waals surface area (Å²) >= 11 is 3.52. The summed E-state index contributed by atoms with van der Waals surface area (Å²) in [4.78, 5) is 0. The van der Waals surface area contributed by atoms with Crippen molar-refractivity contribution < 1.29 is 4.39 Å². The summed E-state index contributed by atoms with van der Waals surface area (Å²) in [6.07, 6.45) is 0. The van der Waals surface area contributed by atoms with E-state index in [0.29, 0.717) is 0 Å². The minimum atomic E-state index is -0.211. The number of fused-ring (bicyclic) bond motifs is 3. The second-order valence-corrected chi connectivity index (χ2v) is 5.91. The Labute approximate surface area is 129 Å². The molecule has 0 unspecified atom stereocenters. The summed E-state index contributed by atoms with van der Waals surface area (Å²) in [5, 5.41) is 1.98. The molecule has 102 valence electrons. The number of para-hydroxylation sites is 1. The fraction of sp³-hybridized carbons (Fsp3) is 0. The van der Waals surface area contributed by atoms with Crippen LogP contribution in [0.3, 0.4) is 0 Å². The van der Waals surface area contributed by atoms with E-state index in [-0.39, 0.29) is 5.82 Å². The quantitative estimate of drug-likeness (QED) is 0.420. The van der Waals surface area contributed by atoms with Gasteiger partial charge in [-0.25, -0.2) is 4.39 Å². The maximum atomic E-state index is 13.6. The number of hydrogen-bond acceptors (Lipinski definition) is 0. The summed E-state index contributed by atoms with van der Waals surface area (Å²) in [5.74, 6) is -0.211. The van der Waals surface area contributed by atoms with E-state index in [0.717, 1.165) is 32.0 Å². The molecule has 0 saturated heterocycles. The third-order valence-electron chi connectivity index (χ3n) is 3.70. The molecule has 0 aliphatic heterocycles. The van der Waals surface area contributed by atoms with Gasteiger partial charge in [0.25, 0.3) is 0 Å². The van der Waals surface area contributed by atoms with Gasteiger partial charge >= 0.3 is 0 Å². The van der Waals surface area contributed by atoms with Crippen LogP contribution in [-0.2, 0) is 0 Å². The number of nitrogens with zero attached hydrogens (tertiary/aromatic N) is 1. The van der Waals surface area contributed by atoms with E-state index < -0.39 is 0 Å². The smallest absolute Gasteiger partial charge is 0.123 e. The van der Waals surface area contributed by atoms with Crippen LogP contribution in [-0.4, -0.2) is 4.57 Å². The molecule has 3 aromatic carbocycles. The molecule has 1 aromatic heterocycles. The second kappa shape index (κ2) is 4.71. The van der Waals surface area contributed by atoms with Crippen molar-refractivity contribution in [2.24, 2.45) is 0 Å². The standard InChI is InChI=1S/C18H11BrFN/c19-12-6-8-15-16-11-13(20)7-9-17(16)21(18(15)10-12)14-4-2-1-3-5-14/h1-11H. The maximum Gasteiger partial charge on any atom is 0.123 e. The maximum absolute atomic E-state index is 13.6. The number of halogens is 2. The predicted octanol–water partition coefficient (Wildman–Crippen LogP) is 5.69. The zero-order valence-corrected chi connectivity index (χ0v) is 12.6. The molecule has 0 saturated carbocycles. The van der Waals surface area contributed by atoms with Gasteiger partial charge in [0, 0.05) is 20.9 Å². The van der Waals surface area contributed by atoms with E-state index in [4.69, 9.17) is 0 Å². The van der Waals surface area contributed by atoms with E-state index in [1.165, 1.54) is 6.07 Å². The van der Waals surface area contributed by atoms with Crippen molar-refractivity contribution in [3.63, 3.8) is 0 Å². The van der Waals surface area contributed by atoms with Crippen LogP contribution in [0.1, 0.15) is 0 Å². The largest absolute Gasteiger partial charge is 0.309 e. The molecule has 0 fully saturated rings. The molecule has 1 heterocycles. The van der Waals surface area contributed by atoms with Crippen LogP contribution in [0.4, 0.5) is 4.39 Å². The van der Waals surface area contributed by atoms with E-state index >= 15 is 0 Å². The Hall–Kier alpha value is -2.13. The van der Waals surface area contributed by atoms with Crippen molar-refractivity contribution in [1.82, 2.24) is 4.57 Å². The Morgan fingerprint density at radius 1 is 0.762 bits per heavy atom. The van der Waals surface area contributed by atoms with Crippen LogP contribution >= 0.6 is 15.9 Å². The van der Waals surface area contributed by atoms with Gasteiger partial charge < -0.3 is 4.57 Å². The molecular formula is C18H11BrFN. The minimum Gasteiger partial charge on any atom is -0.309 e. The highest BCUT2D eigenvalue weighted by Gasteiger charge is 2.12. The zero-order valence-electron chi connectivity index (χ0n) is 11.1. The summed E-state index contributed by atoms with van der Waals surface area (Å²) in [6, 6.07) is 21.2. The van der Waals surface area contributed by atoms with Crippen LogP contribution in [0.25, 0.3) is 27.5 Å². The lowest BCUT2D eigenvalue weighted by molar-refractivity contribution is 0.629. The fourth-order valence-electron chi connectivity index (χ4n) is 2.82. The van der Waals surface area contributed by atoms with Crippen LogP contribution < -0.4 is 0 Å². The molecular weight excluding hydrogens is 329 g/mol. The molecule has 4 aromatic rings. The van der Waals surface area contributed by atoms with Crippen molar-refractivity contribution in [3.8, 4) is 5.69 Å². The Morgan fingerprint density at radius 2 is 1.57 bits per heavy atom. The van der Waals surface area contributed by atoms with Gasteiger partial charge in [-0.05, 0) is 42.5 Å². The van der Waals surface area contributed by atoms with E-state index in [9.17, 15) is 4.39 Å². The third-order valence-corrected chi connectivity index (χ3v) is 4.20. The first-order chi connectivity index (χ1) is 10.2. The Balaban J connectivity index is 2.23. The first-order valence-electron chi connectivity index (χ1n) is 6.69. The van der Waals surface area contributed by atoms with Crippen molar-refractivity contribution in [3.05, 3.63) is 77.0 Å². The van der Waals surface area contributed by atoms with E-state index in [1.807, 2.05) is 36.4 Å². The summed E-state index contributed by atoms with van der Waals surface area (Å²) < 4.78 is 16.8. The Morgan fingerprint density at radius 3 is 2.38 bits per heavy atom. The molecule has 0 atom stereocenters. The molecule has 3 heteroatoms. The molecule has 1 nitrogen and oxygen atoms in total. The highest BCUT2D eigenvalue weighted by molar-refractivity contribution is 9.10. The van der Waals surface area contributed by atoms with Crippen molar-refractivity contribution >= 4 is 37.7 Å². The summed E-state index contributed by atoms with van der Waals surface area (Å²) in [6.45, 7) is 0.